The molecule has 0 radical (unpaired) electrons. The van der Waals surface area contributed by atoms with Crippen molar-refractivity contribution in [3.8, 4) is 0 Å². The highest BCUT2D eigenvalue weighted by atomic mass is 35.5. The molecule has 0 heterocycles. The minimum atomic E-state index is -0.0164. The fourth-order valence-electron chi connectivity index (χ4n) is 1.05. The van der Waals surface area contributed by atoms with Crippen LogP contribution >= 0.6 is 23.2 Å². The van der Waals surface area contributed by atoms with Gasteiger partial charge in [0.15, 0.2) is 0 Å². The molecule has 4 N–H and O–H groups in total. The van der Waals surface area contributed by atoms with Crippen LogP contribution in [-0.4, -0.2) is 12.6 Å². The van der Waals surface area contributed by atoms with Gasteiger partial charge in [0.2, 0.25) is 0 Å². The van der Waals surface area contributed by atoms with Gasteiger partial charge >= 0.3 is 0 Å². The summed E-state index contributed by atoms with van der Waals surface area (Å²) in [7, 11) is 0. The SMILES string of the molecule is NCC(N)Cc1ccc(Cl)c(Cl)c1. The van der Waals surface area contributed by atoms with Crippen LogP contribution in [0.3, 0.4) is 0 Å². The molecule has 0 bridgehead atoms. The third-order valence-electron chi connectivity index (χ3n) is 1.78. The van der Waals surface area contributed by atoms with E-state index in [1.807, 2.05) is 12.1 Å². The summed E-state index contributed by atoms with van der Waals surface area (Å²) >= 11 is 11.6. The van der Waals surface area contributed by atoms with Gasteiger partial charge < -0.3 is 11.5 Å². The van der Waals surface area contributed by atoms with Crippen LogP contribution in [0.1, 0.15) is 5.56 Å². The molecule has 0 amide bonds. The molecule has 1 unspecified atom stereocenters. The molecule has 1 rings (SSSR count). The van der Waals surface area contributed by atoms with Crippen LogP contribution in [-0.2, 0) is 6.42 Å². The Kier molecular flexibility index (Phi) is 4.00. The van der Waals surface area contributed by atoms with E-state index >= 15 is 0 Å². The summed E-state index contributed by atoms with van der Waals surface area (Å²) in [5, 5.41) is 1.12. The third-order valence-corrected chi connectivity index (χ3v) is 2.52. The van der Waals surface area contributed by atoms with Crippen molar-refractivity contribution in [3.05, 3.63) is 33.8 Å². The van der Waals surface area contributed by atoms with Crippen LogP contribution in [0.5, 0.6) is 0 Å². The second-order valence-corrected chi connectivity index (χ2v) is 3.76. The van der Waals surface area contributed by atoms with E-state index < -0.39 is 0 Å². The first-order valence-electron chi connectivity index (χ1n) is 4.03. The first-order valence-corrected chi connectivity index (χ1v) is 4.78. The number of hydrogen-bond acceptors (Lipinski definition) is 2. The molecule has 1 aromatic rings. The number of hydrogen-bond donors (Lipinski definition) is 2. The van der Waals surface area contributed by atoms with Crippen LogP contribution in [0.15, 0.2) is 18.2 Å². The maximum Gasteiger partial charge on any atom is 0.0595 e. The van der Waals surface area contributed by atoms with Crippen molar-refractivity contribution in [2.24, 2.45) is 11.5 Å². The topological polar surface area (TPSA) is 52.0 Å². The average molecular weight is 219 g/mol. The standard InChI is InChI=1S/C9H12Cl2N2/c10-8-2-1-6(4-9(8)11)3-7(13)5-12/h1-2,4,7H,3,5,12-13H2. The minimum Gasteiger partial charge on any atom is -0.329 e. The van der Waals surface area contributed by atoms with Gasteiger partial charge in [-0.1, -0.05) is 29.3 Å². The monoisotopic (exact) mass is 218 g/mol. The fraction of sp³-hybridized carbons (Fsp3) is 0.333. The summed E-state index contributed by atoms with van der Waals surface area (Å²) in [6.45, 7) is 0.472. The highest BCUT2D eigenvalue weighted by molar-refractivity contribution is 6.42. The smallest absolute Gasteiger partial charge is 0.0595 e. The second-order valence-electron chi connectivity index (χ2n) is 2.95. The molecular weight excluding hydrogens is 207 g/mol. The molecule has 72 valence electrons. The average Bonchev–Trinajstić information content (AvgIpc) is 2.11. The van der Waals surface area contributed by atoms with E-state index in [2.05, 4.69) is 0 Å². The van der Waals surface area contributed by atoms with Crippen LogP contribution in [0.2, 0.25) is 10.0 Å². The van der Waals surface area contributed by atoms with Crippen molar-refractivity contribution in [2.75, 3.05) is 6.54 Å². The molecular formula is C9H12Cl2N2. The molecule has 0 aliphatic carbocycles. The summed E-state index contributed by atoms with van der Waals surface area (Å²) in [4.78, 5) is 0. The predicted octanol–water partition coefficient (Wildman–Crippen LogP) is 1.82. The summed E-state index contributed by atoms with van der Waals surface area (Å²) in [6, 6.07) is 5.48. The minimum absolute atomic E-state index is 0.0164. The third kappa shape index (κ3) is 3.16. The van der Waals surface area contributed by atoms with E-state index in [1.54, 1.807) is 6.07 Å². The zero-order chi connectivity index (χ0) is 9.84. The highest BCUT2D eigenvalue weighted by Gasteiger charge is 2.03. The van der Waals surface area contributed by atoms with Crippen molar-refractivity contribution < 1.29 is 0 Å². The lowest BCUT2D eigenvalue weighted by molar-refractivity contribution is 0.679. The van der Waals surface area contributed by atoms with E-state index in [9.17, 15) is 0 Å². The van der Waals surface area contributed by atoms with Crippen LogP contribution < -0.4 is 11.5 Å². The molecule has 13 heavy (non-hydrogen) atoms. The molecule has 1 aromatic carbocycles. The van der Waals surface area contributed by atoms with Crippen molar-refractivity contribution in [3.63, 3.8) is 0 Å². The maximum absolute atomic E-state index is 5.84. The number of rotatable bonds is 3. The van der Waals surface area contributed by atoms with Crippen molar-refractivity contribution >= 4 is 23.2 Å². The zero-order valence-electron chi connectivity index (χ0n) is 7.13. The predicted molar refractivity (Wildman–Crippen MR) is 57.2 cm³/mol. The first-order chi connectivity index (χ1) is 6.13. The van der Waals surface area contributed by atoms with Crippen LogP contribution in [0.25, 0.3) is 0 Å². The number of halogens is 2. The Morgan fingerprint density at radius 1 is 1.23 bits per heavy atom. The number of benzene rings is 1. The van der Waals surface area contributed by atoms with E-state index in [1.165, 1.54) is 0 Å². The normalized spacial score (nSPS) is 12.9. The molecule has 0 saturated heterocycles. The molecule has 0 saturated carbocycles. The van der Waals surface area contributed by atoms with E-state index in [0.29, 0.717) is 16.6 Å². The number of nitrogens with two attached hydrogens (primary N) is 2. The van der Waals surface area contributed by atoms with Gasteiger partial charge in [0.25, 0.3) is 0 Å². The Hall–Kier alpha value is -0.280. The lowest BCUT2D eigenvalue weighted by atomic mass is 10.1. The highest BCUT2D eigenvalue weighted by Crippen LogP contribution is 2.22. The maximum atomic E-state index is 5.84. The fourth-order valence-corrected chi connectivity index (χ4v) is 1.37. The lowest BCUT2D eigenvalue weighted by Crippen LogP contribution is -2.31. The summed E-state index contributed by atoms with van der Waals surface area (Å²) in [5.74, 6) is 0. The Balaban J connectivity index is 2.73. The van der Waals surface area contributed by atoms with Crippen LogP contribution in [0, 0.1) is 0 Å². The molecule has 0 aliphatic rings. The molecule has 0 fully saturated rings. The molecule has 1 atom stereocenters. The molecule has 0 aromatic heterocycles. The molecule has 0 aliphatic heterocycles. The van der Waals surface area contributed by atoms with Gasteiger partial charge in [0.1, 0.15) is 0 Å². The summed E-state index contributed by atoms with van der Waals surface area (Å²) in [5.41, 5.74) is 12.2. The van der Waals surface area contributed by atoms with E-state index in [4.69, 9.17) is 34.7 Å². The molecule has 4 heteroatoms. The van der Waals surface area contributed by atoms with Gasteiger partial charge in [-0.05, 0) is 24.1 Å². The summed E-state index contributed by atoms with van der Waals surface area (Å²) < 4.78 is 0. The van der Waals surface area contributed by atoms with Gasteiger partial charge in [0, 0.05) is 12.6 Å². The molecule has 2 nitrogen and oxygen atoms in total. The second kappa shape index (κ2) is 4.82. The van der Waals surface area contributed by atoms with Gasteiger partial charge in [-0.15, -0.1) is 0 Å². The van der Waals surface area contributed by atoms with E-state index in [0.717, 1.165) is 12.0 Å². The Morgan fingerprint density at radius 3 is 2.46 bits per heavy atom. The van der Waals surface area contributed by atoms with Gasteiger partial charge in [-0.3, -0.25) is 0 Å². The van der Waals surface area contributed by atoms with Gasteiger partial charge in [-0.25, -0.2) is 0 Å². The lowest BCUT2D eigenvalue weighted by Gasteiger charge is -2.08. The van der Waals surface area contributed by atoms with Crippen molar-refractivity contribution in [1.82, 2.24) is 0 Å². The van der Waals surface area contributed by atoms with Crippen molar-refractivity contribution in [1.29, 1.82) is 0 Å². The van der Waals surface area contributed by atoms with Crippen molar-refractivity contribution in [2.45, 2.75) is 12.5 Å². The Morgan fingerprint density at radius 2 is 1.92 bits per heavy atom. The Labute approximate surface area is 87.8 Å². The summed E-state index contributed by atoms with van der Waals surface area (Å²) in [6.07, 6.45) is 0.730. The van der Waals surface area contributed by atoms with E-state index in [-0.39, 0.29) is 6.04 Å². The van der Waals surface area contributed by atoms with Gasteiger partial charge in [0.05, 0.1) is 10.0 Å². The zero-order valence-corrected chi connectivity index (χ0v) is 8.65. The first kappa shape index (κ1) is 10.8. The molecule has 0 spiro atoms. The Bertz CT molecular complexity index is 289. The quantitative estimate of drug-likeness (QED) is 0.814. The largest absolute Gasteiger partial charge is 0.329 e. The van der Waals surface area contributed by atoms with Crippen LogP contribution in [0.4, 0.5) is 0 Å². The van der Waals surface area contributed by atoms with Gasteiger partial charge in [-0.2, -0.15) is 0 Å².